The Balaban J connectivity index is 2.06. The molecule has 1 atom stereocenters. The Morgan fingerprint density at radius 2 is 2.28 bits per heavy atom. The molecule has 0 aliphatic rings. The van der Waals surface area contributed by atoms with Crippen LogP contribution >= 0.6 is 0 Å². The van der Waals surface area contributed by atoms with Crippen LogP contribution in [0.1, 0.15) is 29.9 Å². The molecule has 1 aromatic heterocycles. The Morgan fingerprint density at radius 3 is 2.94 bits per heavy atom. The van der Waals surface area contributed by atoms with Gasteiger partial charge in [0, 0.05) is 11.6 Å². The van der Waals surface area contributed by atoms with Gasteiger partial charge in [-0.3, -0.25) is 5.10 Å². The predicted octanol–water partition coefficient (Wildman–Crippen LogP) is 1.97. The molecule has 0 spiro atoms. The van der Waals surface area contributed by atoms with Gasteiger partial charge in [0.1, 0.15) is 17.9 Å². The maximum Gasteiger partial charge on any atom is 0.138 e. The zero-order valence-electron chi connectivity index (χ0n) is 10.9. The Labute approximate surface area is 107 Å². The summed E-state index contributed by atoms with van der Waals surface area (Å²) in [6.45, 7) is 4.81. The van der Waals surface area contributed by atoms with E-state index >= 15 is 0 Å². The number of hydrogen-bond acceptors (Lipinski definition) is 4. The number of rotatable bonds is 5. The molecule has 2 aromatic rings. The lowest BCUT2D eigenvalue weighted by molar-refractivity contribution is 0.400. The van der Waals surface area contributed by atoms with Crippen molar-refractivity contribution >= 4 is 0 Å². The molecule has 1 heterocycles. The van der Waals surface area contributed by atoms with E-state index in [0.29, 0.717) is 6.54 Å². The number of nitrogens with one attached hydrogen (secondary N) is 2. The lowest BCUT2D eigenvalue weighted by Gasteiger charge is -2.17. The molecule has 5 heteroatoms. The van der Waals surface area contributed by atoms with Gasteiger partial charge < -0.3 is 10.1 Å². The molecule has 96 valence electrons. The van der Waals surface area contributed by atoms with Gasteiger partial charge in [-0.05, 0) is 25.5 Å². The number of hydrogen-bond donors (Lipinski definition) is 2. The Kier molecular flexibility index (Phi) is 3.94. The number of aromatic nitrogens is 3. The zero-order valence-corrected chi connectivity index (χ0v) is 10.9. The van der Waals surface area contributed by atoms with Gasteiger partial charge in [0.15, 0.2) is 0 Å². The van der Waals surface area contributed by atoms with Crippen LogP contribution in [0.2, 0.25) is 0 Å². The lowest BCUT2D eigenvalue weighted by Crippen LogP contribution is -2.19. The third-order valence-electron chi connectivity index (χ3n) is 2.90. The van der Waals surface area contributed by atoms with Crippen LogP contribution in [0.25, 0.3) is 0 Å². The first-order valence-electron chi connectivity index (χ1n) is 5.93. The molecule has 0 bridgehead atoms. The van der Waals surface area contributed by atoms with Gasteiger partial charge >= 0.3 is 0 Å². The summed E-state index contributed by atoms with van der Waals surface area (Å²) in [7, 11) is 1.70. The van der Waals surface area contributed by atoms with Crippen molar-refractivity contribution in [2.45, 2.75) is 26.4 Å². The number of aryl methyl sites for hydroxylation is 1. The third kappa shape index (κ3) is 2.87. The second kappa shape index (κ2) is 5.64. The zero-order chi connectivity index (χ0) is 13.0. The Morgan fingerprint density at radius 1 is 1.44 bits per heavy atom. The monoisotopic (exact) mass is 246 g/mol. The molecule has 0 saturated heterocycles. The van der Waals surface area contributed by atoms with E-state index in [1.54, 1.807) is 7.11 Å². The number of H-pyrrole nitrogens is 1. The molecule has 5 nitrogen and oxygen atoms in total. The average Bonchev–Trinajstić information content (AvgIpc) is 2.88. The molecule has 1 unspecified atom stereocenters. The van der Waals surface area contributed by atoms with Crippen LogP contribution in [0, 0.1) is 6.92 Å². The first-order chi connectivity index (χ1) is 8.70. The minimum atomic E-state index is 0.186. The number of nitrogens with zero attached hydrogens (tertiary/aromatic N) is 2. The normalized spacial score (nSPS) is 12.4. The van der Waals surface area contributed by atoms with Crippen LogP contribution in [-0.2, 0) is 6.54 Å². The van der Waals surface area contributed by atoms with Crippen molar-refractivity contribution in [1.82, 2.24) is 20.5 Å². The summed E-state index contributed by atoms with van der Waals surface area (Å²) in [6, 6.07) is 6.41. The largest absolute Gasteiger partial charge is 0.496 e. The van der Waals surface area contributed by atoms with Gasteiger partial charge in [-0.1, -0.05) is 12.1 Å². The highest BCUT2D eigenvalue weighted by atomic mass is 16.5. The molecule has 18 heavy (non-hydrogen) atoms. The molecule has 0 radical (unpaired) electrons. The first-order valence-corrected chi connectivity index (χ1v) is 5.93. The van der Waals surface area contributed by atoms with Crippen molar-refractivity contribution in [2.24, 2.45) is 0 Å². The van der Waals surface area contributed by atoms with Crippen molar-refractivity contribution in [3.63, 3.8) is 0 Å². The van der Waals surface area contributed by atoms with Gasteiger partial charge in [-0.15, -0.1) is 0 Å². The molecule has 2 rings (SSSR count). The van der Waals surface area contributed by atoms with Crippen LogP contribution < -0.4 is 10.1 Å². The summed E-state index contributed by atoms with van der Waals surface area (Å²) in [6.07, 6.45) is 1.51. The molecule has 1 aromatic carbocycles. The van der Waals surface area contributed by atoms with Crippen LogP contribution in [0.5, 0.6) is 5.75 Å². The van der Waals surface area contributed by atoms with Crippen molar-refractivity contribution < 1.29 is 4.74 Å². The average molecular weight is 246 g/mol. The minimum absolute atomic E-state index is 0.186. The summed E-state index contributed by atoms with van der Waals surface area (Å²) >= 11 is 0. The summed E-state index contributed by atoms with van der Waals surface area (Å²) in [5.74, 6) is 1.74. The van der Waals surface area contributed by atoms with Gasteiger partial charge in [0.2, 0.25) is 0 Å². The second-order valence-corrected chi connectivity index (χ2v) is 4.28. The summed E-state index contributed by atoms with van der Waals surface area (Å²) < 4.78 is 5.41. The lowest BCUT2D eigenvalue weighted by atomic mass is 10.0. The summed E-state index contributed by atoms with van der Waals surface area (Å²) in [4.78, 5) is 4.08. The van der Waals surface area contributed by atoms with E-state index in [9.17, 15) is 0 Å². The van der Waals surface area contributed by atoms with Crippen LogP contribution in [0.3, 0.4) is 0 Å². The molecule has 0 saturated carbocycles. The summed E-state index contributed by atoms with van der Waals surface area (Å²) in [5.41, 5.74) is 2.33. The van der Waals surface area contributed by atoms with E-state index in [2.05, 4.69) is 46.5 Å². The van der Waals surface area contributed by atoms with Crippen molar-refractivity contribution in [2.75, 3.05) is 7.11 Å². The maximum atomic E-state index is 5.41. The fourth-order valence-corrected chi connectivity index (χ4v) is 1.85. The Hall–Kier alpha value is -1.88. The molecule has 0 fully saturated rings. The number of benzene rings is 1. The molecular weight excluding hydrogens is 228 g/mol. The quantitative estimate of drug-likeness (QED) is 0.846. The van der Waals surface area contributed by atoms with Gasteiger partial charge in [0.25, 0.3) is 0 Å². The van der Waals surface area contributed by atoms with Crippen LogP contribution in [-0.4, -0.2) is 22.3 Å². The van der Waals surface area contributed by atoms with E-state index in [1.165, 1.54) is 11.9 Å². The van der Waals surface area contributed by atoms with Gasteiger partial charge in [0.05, 0.1) is 13.7 Å². The first kappa shape index (κ1) is 12.6. The smallest absolute Gasteiger partial charge is 0.138 e. The van der Waals surface area contributed by atoms with E-state index < -0.39 is 0 Å². The topological polar surface area (TPSA) is 62.8 Å². The number of ether oxygens (including phenoxy) is 1. The van der Waals surface area contributed by atoms with E-state index in [-0.39, 0.29) is 6.04 Å². The minimum Gasteiger partial charge on any atom is -0.496 e. The number of methoxy groups -OCH3 is 1. The van der Waals surface area contributed by atoms with Crippen molar-refractivity contribution in [3.05, 3.63) is 41.5 Å². The SMILES string of the molecule is COc1cc(C)ccc1C(C)NCc1ncn[nH]1. The highest BCUT2D eigenvalue weighted by Crippen LogP contribution is 2.26. The maximum absolute atomic E-state index is 5.41. The fraction of sp³-hybridized carbons (Fsp3) is 0.385. The highest BCUT2D eigenvalue weighted by Gasteiger charge is 2.11. The van der Waals surface area contributed by atoms with Crippen molar-refractivity contribution in [3.8, 4) is 5.75 Å². The van der Waals surface area contributed by atoms with Crippen LogP contribution in [0.4, 0.5) is 0 Å². The van der Waals surface area contributed by atoms with E-state index in [1.807, 2.05) is 6.07 Å². The standard InChI is InChI=1S/C13H18N4O/c1-9-4-5-11(12(6-9)18-3)10(2)14-7-13-15-8-16-17-13/h4-6,8,10,14H,7H2,1-3H3,(H,15,16,17). The molecule has 0 amide bonds. The second-order valence-electron chi connectivity index (χ2n) is 4.28. The van der Waals surface area contributed by atoms with E-state index in [0.717, 1.165) is 17.1 Å². The van der Waals surface area contributed by atoms with Crippen molar-refractivity contribution in [1.29, 1.82) is 0 Å². The highest BCUT2D eigenvalue weighted by molar-refractivity contribution is 5.39. The van der Waals surface area contributed by atoms with Crippen LogP contribution in [0.15, 0.2) is 24.5 Å². The molecular formula is C13H18N4O. The molecule has 0 aliphatic carbocycles. The van der Waals surface area contributed by atoms with Gasteiger partial charge in [-0.2, -0.15) is 5.10 Å². The summed E-state index contributed by atoms with van der Waals surface area (Å²) in [5, 5.41) is 10.0. The van der Waals surface area contributed by atoms with Gasteiger partial charge in [-0.25, -0.2) is 4.98 Å². The fourth-order valence-electron chi connectivity index (χ4n) is 1.85. The molecule has 2 N–H and O–H groups in total. The number of aromatic amines is 1. The molecule has 0 aliphatic heterocycles. The predicted molar refractivity (Wildman–Crippen MR) is 69.4 cm³/mol. The van der Waals surface area contributed by atoms with E-state index in [4.69, 9.17) is 4.74 Å². The third-order valence-corrected chi connectivity index (χ3v) is 2.90. The Bertz CT molecular complexity index is 496.